The molecule has 1 aliphatic heterocycles. The number of carbonyl (C=O) groups is 1. The van der Waals surface area contributed by atoms with Crippen molar-refractivity contribution in [1.82, 2.24) is 4.90 Å². The van der Waals surface area contributed by atoms with Gasteiger partial charge in [-0.3, -0.25) is 0 Å². The summed E-state index contributed by atoms with van der Waals surface area (Å²) >= 11 is 0. The third-order valence-electron chi connectivity index (χ3n) is 4.09. The topological polar surface area (TPSA) is 41.6 Å². The average Bonchev–Trinajstić information content (AvgIpc) is 2.71. The molecular formula is C19H30N2O2. The van der Waals surface area contributed by atoms with Gasteiger partial charge < -0.3 is 15.0 Å². The normalized spacial score (nSPS) is 19.1. The van der Waals surface area contributed by atoms with E-state index in [4.69, 9.17) is 4.74 Å². The van der Waals surface area contributed by atoms with E-state index >= 15 is 0 Å². The quantitative estimate of drug-likeness (QED) is 0.895. The van der Waals surface area contributed by atoms with E-state index in [2.05, 4.69) is 36.5 Å². The van der Waals surface area contributed by atoms with Crippen LogP contribution >= 0.6 is 0 Å². The number of rotatable bonds is 3. The van der Waals surface area contributed by atoms with E-state index in [-0.39, 0.29) is 6.09 Å². The largest absolute Gasteiger partial charge is 0.444 e. The van der Waals surface area contributed by atoms with Crippen molar-refractivity contribution < 1.29 is 9.53 Å². The lowest BCUT2D eigenvalue weighted by atomic mass is 10.1. The second-order valence-electron chi connectivity index (χ2n) is 7.29. The number of nitrogens with one attached hydrogen (secondary N) is 1. The predicted molar refractivity (Wildman–Crippen MR) is 94.9 cm³/mol. The first-order chi connectivity index (χ1) is 10.9. The highest BCUT2D eigenvalue weighted by atomic mass is 16.6. The third kappa shape index (κ3) is 5.77. The molecule has 4 nitrogen and oxygen atoms in total. The second kappa shape index (κ2) is 7.71. The minimum Gasteiger partial charge on any atom is -0.444 e. The van der Waals surface area contributed by atoms with E-state index in [0.717, 1.165) is 38.8 Å². The molecule has 1 N–H and O–H groups in total. The number of nitrogens with zero attached hydrogens (tertiary/aromatic N) is 1. The first-order valence-electron chi connectivity index (χ1n) is 8.71. The molecule has 1 aromatic rings. The fourth-order valence-electron chi connectivity index (χ4n) is 2.87. The smallest absolute Gasteiger partial charge is 0.410 e. The standard InChI is InChI=1S/C19H30N2O2/c1-5-15-8-6-9-17(14-15)20-16-10-7-12-21(13-11-16)18(22)23-19(2,3)4/h6,8-9,14,16,20H,5,7,10-13H2,1-4H3. The highest BCUT2D eigenvalue weighted by Gasteiger charge is 2.25. The number of benzene rings is 1. The maximum absolute atomic E-state index is 12.2. The van der Waals surface area contributed by atoms with Crippen molar-refractivity contribution in [1.29, 1.82) is 0 Å². The van der Waals surface area contributed by atoms with Crippen molar-refractivity contribution in [3.8, 4) is 0 Å². The number of hydrogen-bond donors (Lipinski definition) is 1. The van der Waals surface area contributed by atoms with Crippen LogP contribution in [0.1, 0.15) is 52.5 Å². The van der Waals surface area contributed by atoms with Gasteiger partial charge in [-0.2, -0.15) is 0 Å². The van der Waals surface area contributed by atoms with Crippen LogP contribution < -0.4 is 5.32 Å². The lowest BCUT2D eigenvalue weighted by Crippen LogP contribution is -2.37. The minimum absolute atomic E-state index is 0.189. The molecule has 0 radical (unpaired) electrons. The number of carbonyl (C=O) groups excluding carboxylic acids is 1. The summed E-state index contributed by atoms with van der Waals surface area (Å²) in [5.41, 5.74) is 2.10. The molecule has 1 amide bonds. The number of aryl methyl sites for hydroxylation is 1. The Morgan fingerprint density at radius 2 is 2.09 bits per heavy atom. The molecule has 1 heterocycles. The number of hydrogen-bond acceptors (Lipinski definition) is 3. The Morgan fingerprint density at radius 1 is 1.30 bits per heavy atom. The zero-order valence-electron chi connectivity index (χ0n) is 14.9. The van der Waals surface area contributed by atoms with Gasteiger partial charge in [0, 0.05) is 24.8 Å². The van der Waals surface area contributed by atoms with Crippen LogP contribution in [0.25, 0.3) is 0 Å². The lowest BCUT2D eigenvalue weighted by Gasteiger charge is -2.26. The minimum atomic E-state index is -0.429. The highest BCUT2D eigenvalue weighted by Crippen LogP contribution is 2.19. The van der Waals surface area contributed by atoms with Crippen LogP contribution in [-0.4, -0.2) is 35.7 Å². The predicted octanol–water partition coefficient (Wildman–Crippen LogP) is 4.45. The molecule has 1 atom stereocenters. The van der Waals surface area contributed by atoms with Crippen LogP contribution in [0.2, 0.25) is 0 Å². The molecule has 1 unspecified atom stereocenters. The van der Waals surface area contributed by atoms with Gasteiger partial charge in [-0.25, -0.2) is 4.79 Å². The number of likely N-dealkylation sites (tertiary alicyclic amines) is 1. The molecule has 1 fully saturated rings. The Kier molecular flexibility index (Phi) is 5.91. The van der Waals surface area contributed by atoms with E-state index < -0.39 is 5.60 Å². The molecular weight excluding hydrogens is 288 g/mol. The highest BCUT2D eigenvalue weighted by molar-refractivity contribution is 5.68. The van der Waals surface area contributed by atoms with E-state index in [1.54, 1.807) is 0 Å². The first-order valence-corrected chi connectivity index (χ1v) is 8.71. The van der Waals surface area contributed by atoms with E-state index in [1.165, 1.54) is 11.3 Å². The van der Waals surface area contributed by atoms with Gasteiger partial charge in [0.05, 0.1) is 0 Å². The Morgan fingerprint density at radius 3 is 2.78 bits per heavy atom. The molecule has 2 rings (SSSR count). The van der Waals surface area contributed by atoms with Crippen LogP contribution in [-0.2, 0) is 11.2 Å². The summed E-state index contributed by atoms with van der Waals surface area (Å²) in [6, 6.07) is 9.01. The van der Waals surface area contributed by atoms with Gasteiger partial charge in [0.25, 0.3) is 0 Å². The Balaban J connectivity index is 1.89. The van der Waals surface area contributed by atoms with Crippen molar-refractivity contribution in [3.63, 3.8) is 0 Å². The number of anilines is 1. The van der Waals surface area contributed by atoms with Crippen molar-refractivity contribution in [3.05, 3.63) is 29.8 Å². The van der Waals surface area contributed by atoms with Gasteiger partial charge in [-0.15, -0.1) is 0 Å². The van der Waals surface area contributed by atoms with E-state index in [0.29, 0.717) is 6.04 Å². The molecule has 1 aliphatic rings. The molecule has 0 bridgehead atoms. The third-order valence-corrected chi connectivity index (χ3v) is 4.09. The maximum atomic E-state index is 12.2. The monoisotopic (exact) mass is 318 g/mol. The fraction of sp³-hybridized carbons (Fsp3) is 0.632. The van der Waals surface area contributed by atoms with Gasteiger partial charge >= 0.3 is 6.09 Å². The van der Waals surface area contributed by atoms with Gasteiger partial charge in [-0.05, 0) is 64.2 Å². The summed E-state index contributed by atoms with van der Waals surface area (Å²) in [5.74, 6) is 0. The summed E-state index contributed by atoms with van der Waals surface area (Å²) in [5, 5.41) is 3.62. The molecule has 0 spiro atoms. The Bertz CT molecular complexity index is 522. The van der Waals surface area contributed by atoms with Crippen molar-refractivity contribution >= 4 is 11.8 Å². The van der Waals surface area contributed by atoms with Crippen LogP contribution in [0.4, 0.5) is 10.5 Å². The zero-order chi connectivity index (χ0) is 16.9. The first kappa shape index (κ1) is 17.6. The van der Waals surface area contributed by atoms with Crippen LogP contribution in [0.3, 0.4) is 0 Å². The van der Waals surface area contributed by atoms with Crippen molar-refractivity contribution in [2.75, 3.05) is 18.4 Å². The Hall–Kier alpha value is -1.71. The van der Waals surface area contributed by atoms with E-state index in [9.17, 15) is 4.79 Å². The summed E-state index contributed by atoms with van der Waals surface area (Å²) < 4.78 is 5.48. The summed E-state index contributed by atoms with van der Waals surface area (Å²) in [6.45, 7) is 9.43. The molecule has 128 valence electrons. The fourth-order valence-corrected chi connectivity index (χ4v) is 2.87. The van der Waals surface area contributed by atoms with Gasteiger partial charge in [0.15, 0.2) is 0 Å². The van der Waals surface area contributed by atoms with Crippen molar-refractivity contribution in [2.45, 2.75) is 65.0 Å². The molecule has 1 saturated heterocycles. The molecule has 0 aliphatic carbocycles. The lowest BCUT2D eigenvalue weighted by molar-refractivity contribution is 0.0256. The summed E-state index contributed by atoms with van der Waals surface area (Å²) in [4.78, 5) is 14.0. The maximum Gasteiger partial charge on any atom is 0.410 e. The van der Waals surface area contributed by atoms with Crippen LogP contribution in [0.5, 0.6) is 0 Å². The molecule has 0 aromatic heterocycles. The number of ether oxygens (including phenoxy) is 1. The molecule has 23 heavy (non-hydrogen) atoms. The van der Waals surface area contributed by atoms with Gasteiger partial charge in [0.2, 0.25) is 0 Å². The van der Waals surface area contributed by atoms with E-state index in [1.807, 2.05) is 25.7 Å². The zero-order valence-corrected chi connectivity index (χ0v) is 14.9. The summed E-state index contributed by atoms with van der Waals surface area (Å²) in [7, 11) is 0. The molecule has 1 aromatic carbocycles. The summed E-state index contributed by atoms with van der Waals surface area (Å²) in [6.07, 6.45) is 3.90. The number of amides is 1. The molecule has 0 saturated carbocycles. The van der Waals surface area contributed by atoms with Crippen molar-refractivity contribution in [2.24, 2.45) is 0 Å². The molecule has 4 heteroatoms. The average molecular weight is 318 g/mol. The van der Waals surface area contributed by atoms with Crippen LogP contribution in [0, 0.1) is 0 Å². The van der Waals surface area contributed by atoms with Gasteiger partial charge in [0.1, 0.15) is 5.60 Å². The Labute approximate surface area is 140 Å². The van der Waals surface area contributed by atoms with Gasteiger partial charge in [-0.1, -0.05) is 19.1 Å². The van der Waals surface area contributed by atoms with Crippen LogP contribution in [0.15, 0.2) is 24.3 Å². The SMILES string of the molecule is CCc1cccc(NC2CCCN(C(=O)OC(C)(C)C)CC2)c1. The second-order valence-corrected chi connectivity index (χ2v) is 7.29.